The first kappa shape index (κ1) is 15.1. The topological polar surface area (TPSA) is 26.0 Å². The van der Waals surface area contributed by atoms with Gasteiger partial charge in [0.05, 0.1) is 0 Å². The van der Waals surface area contributed by atoms with E-state index in [0.717, 1.165) is 12.3 Å². The van der Waals surface area contributed by atoms with Gasteiger partial charge in [-0.05, 0) is 6.44 Å². The van der Waals surface area contributed by atoms with Gasteiger partial charge in [0.15, 0.2) is 0 Å². The van der Waals surface area contributed by atoms with Gasteiger partial charge in [-0.25, -0.2) is 0 Å². The van der Waals surface area contributed by atoms with Gasteiger partial charge in [0, 0.05) is 0 Å². The van der Waals surface area contributed by atoms with Crippen molar-refractivity contribution in [1.82, 2.24) is 0 Å². The largest absolute Gasteiger partial charge is 0.338 e. The number of hydrogen-bond donors (Lipinski definition) is 1. The first-order valence-corrected chi connectivity index (χ1v) is 7.97. The summed E-state index contributed by atoms with van der Waals surface area (Å²) in [7, 11) is 2.35. The van der Waals surface area contributed by atoms with Crippen molar-refractivity contribution in [2.45, 2.75) is 89.3 Å². The lowest BCUT2D eigenvalue weighted by atomic mass is 9.61. The zero-order valence-corrected chi connectivity index (χ0v) is 11.6. The monoisotopic (exact) mass is 236 g/mol. The molecule has 1 aliphatic rings. The summed E-state index contributed by atoms with van der Waals surface area (Å²) in [4.78, 5) is 0. The van der Waals surface area contributed by atoms with E-state index in [4.69, 9.17) is 5.73 Å². The van der Waals surface area contributed by atoms with Gasteiger partial charge >= 0.3 is 0 Å². The maximum Gasteiger partial charge on any atom is 0.132 e. The molecule has 1 saturated carbocycles. The molecule has 0 aromatic carbocycles. The maximum absolute atomic E-state index is 5.67. The van der Waals surface area contributed by atoms with Crippen LogP contribution in [0.5, 0.6) is 0 Å². The molecule has 1 fully saturated rings. The van der Waals surface area contributed by atoms with Gasteiger partial charge in [-0.3, -0.25) is 0 Å². The fraction of sp³-hybridized carbons (Fsp3) is 1.00. The highest BCUT2D eigenvalue weighted by Crippen LogP contribution is 2.23. The second-order valence-electron chi connectivity index (χ2n) is 5.70. The molecule has 1 aliphatic carbocycles. The summed E-state index contributed by atoms with van der Waals surface area (Å²) < 4.78 is 0. The average molecular weight is 236 g/mol. The lowest BCUT2D eigenvalue weighted by Gasteiger charge is -2.15. The van der Waals surface area contributed by atoms with E-state index >= 15 is 0 Å². The van der Waals surface area contributed by atoms with E-state index in [2.05, 4.69) is 7.28 Å². The maximum atomic E-state index is 5.67. The van der Waals surface area contributed by atoms with Gasteiger partial charge in [0.1, 0.15) is 7.28 Å². The molecule has 0 aromatic rings. The molecule has 0 saturated heterocycles. The Morgan fingerprint density at radius 2 is 1.00 bits per heavy atom. The Balaban J connectivity index is 2.19. The summed E-state index contributed by atoms with van der Waals surface area (Å²) in [6, 6.07) is 0. The Morgan fingerprint density at radius 3 is 1.35 bits per heavy atom. The van der Waals surface area contributed by atoms with E-state index in [1.165, 1.54) is 83.5 Å². The summed E-state index contributed by atoms with van der Waals surface area (Å²) >= 11 is 0. The van der Waals surface area contributed by atoms with Gasteiger partial charge in [0.2, 0.25) is 0 Å². The van der Waals surface area contributed by atoms with Crippen LogP contribution >= 0.6 is 0 Å². The smallest absolute Gasteiger partial charge is 0.132 e. The molecule has 0 aromatic heterocycles. The van der Waals surface area contributed by atoms with Crippen molar-refractivity contribution in [3.8, 4) is 0 Å². The van der Waals surface area contributed by atoms with Crippen molar-refractivity contribution < 1.29 is 0 Å². The highest BCUT2D eigenvalue weighted by molar-refractivity contribution is 6.37. The molecule has 0 aliphatic heterocycles. The Kier molecular flexibility index (Phi) is 9.88. The van der Waals surface area contributed by atoms with Crippen molar-refractivity contribution >= 4 is 7.28 Å². The molecule has 0 spiro atoms. The van der Waals surface area contributed by atoms with Gasteiger partial charge in [-0.2, -0.15) is 0 Å². The van der Waals surface area contributed by atoms with E-state index in [0.29, 0.717) is 0 Å². The van der Waals surface area contributed by atoms with Crippen molar-refractivity contribution in [2.24, 2.45) is 5.73 Å². The van der Waals surface area contributed by atoms with Crippen LogP contribution in [0.4, 0.5) is 0 Å². The van der Waals surface area contributed by atoms with Crippen LogP contribution in [0.3, 0.4) is 0 Å². The van der Waals surface area contributed by atoms with E-state index < -0.39 is 0 Å². The second-order valence-corrected chi connectivity index (χ2v) is 5.70. The van der Waals surface area contributed by atoms with Gasteiger partial charge < -0.3 is 5.73 Å². The molecule has 1 nitrogen and oxygen atoms in total. The third-order valence-corrected chi connectivity index (χ3v) is 4.12. The molecule has 1 radical (unpaired) electrons. The van der Waals surface area contributed by atoms with E-state index in [1.54, 1.807) is 0 Å². The summed E-state index contributed by atoms with van der Waals surface area (Å²) in [6.07, 6.45) is 19.5. The Hall–Kier alpha value is 0.0249. The molecule has 2 heteroatoms. The number of nitrogens with two attached hydrogens (primary N) is 1. The zero-order valence-electron chi connectivity index (χ0n) is 11.6. The molecule has 1 rings (SSSR count). The van der Waals surface area contributed by atoms with Crippen LogP contribution < -0.4 is 5.73 Å². The number of hydrogen-bond acceptors (Lipinski definition) is 1. The normalized spacial score (nSPS) is 22.9. The summed E-state index contributed by atoms with van der Waals surface area (Å²) in [5.74, 6) is 0.808. The van der Waals surface area contributed by atoms with Crippen molar-refractivity contribution in [3.05, 3.63) is 0 Å². The zero-order chi connectivity index (χ0) is 12.2. The lowest BCUT2D eigenvalue weighted by molar-refractivity contribution is 0.502. The summed E-state index contributed by atoms with van der Waals surface area (Å²) in [5.41, 5.74) is 5.67. The van der Waals surface area contributed by atoms with E-state index in [-0.39, 0.29) is 0 Å². The third kappa shape index (κ3) is 8.71. The van der Waals surface area contributed by atoms with Crippen molar-refractivity contribution in [2.75, 3.05) is 6.44 Å². The first-order valence-electron chi connectivity index (χ1n) is 7.97. The quantitative estimate of drug-likeness (QED) is 0.703. The fourth-order valence-corrected chi connectivity index (χ4v) is 2.98. The molecule has 0 unspecified atom stereocenters. The first-order chi connectivity index (χ1) is 8.43. The molecule has 2 N–H and O–H groups in total. The van der Waals surface area contributed by atoms with Crippen LogP contribution in [-0.4, -0.2) is 13.7 Å². The molecule has 99 valence electrons. The lowest BCUT2D eigenvalue weighted by Crippen LogP contribution is -2.15. The summed E-state index contributed by atoms with van der Waals surface area (Å²) in [5, 5.41) is 0. The minimum absolute atomic E-state index is 0.769. The Labute approximate surface area is 109 Å². The van der Waals surface area contributed by atoms with E-state index in [1.807, 2.05) is 0 Å². The molecule has 0 heterocycles. The minimum Gasteiger partial charge on any atom is -0.338 e. The highest BCUT2D eigenvalue weighted by atomic mass is 14.5. The highest BCUT2D eigenvalue weighted by Gasteiger charge is 2.09. The molecule has 0 amide bonds. The minimum atomic E-state index is 0.769. The average Bonchev–Trinajstić information content (AvgIpc) is 2.34. The van der Waals surface area contributed by atoms with Crippen LogP contribution in [0.25, 0.3) is 0 Å². The predicted octanol–water partition coefficient (Wildman–Crippen LogP) is 4.48. The van der Waals surface area contributed by atoms with E-state index in [9.17, 15) is 0 Å². The Morgan fingerprint density at radius 1 is 0.647 bits per heavy atom. The summed E-state index contributed by atoms with van der Waals surface area (Å²) in [6.45, 7) is 0. The van der Waals surface area contributed by atoms with Gasteiger partial charge in [0.25, 0.3) is 0 Å². The van der Waals surface area contributed by atoms with Crippen LogP contribution in [0.2, 0.25) is 5.82 Å². The standard InChI is InChI=1S/C15H31BN/c17-14-16-15-12-10-8-6-4-2-1-3-5-7-9-11-13-15/h15H,1-14,17H2. The van der Waals surface area contributed by atoms with Crippen molar-refractivity contribution in [3.63, 3.8) is 0 Å². The second kappa shape index (κ2) is 11.1. The molecule has 0 atom stereocenters. The molecule has 17 heavy (non-hydrogen) atoms. The third-order valence-electron chi connectivity index (χ3n) is 4.12. The van der Waals surface area contributed by atoms with Crippen LogP contribution in [-0.2, 0) is 0 Å². The van der Waals surface area contributed by atoms with Crippen LogP contribution in [0, 0.1) is 0 Å². The van der Waals surface area contributed by atoms with Crippen molar-refractivity contribution in [1.29, 1.82) is 0 Å². The molecule has 0 bridgehead atoms. The van der Waals surface area contributed by atoms with Gasteiger partial charge in [-0.1, -0.05) is 89.3 Å². The van der Waals surface area contributed by atoms with Gasteiger partial charge in [-0.15, -0.1) is 0 Å². The Bertz CT molecular complexity index is 147. The SMILES string of the molecule is NC[B]C1CCCCCCCCCCCCC1. The fourth-order valence-electron chi connectivity index (χ4n) is 2.98. The number of rotatable bonds is 2. The van der Waals surface area contributed by atoms with Crippen LogP contribution in [0.1, 0.15) is 83.5 Å². The predicted molar refractivity (Wildman–Crippen MR) is 78.6 cm³/mol. The molecular formula is C15H31BN. The molecular weight excluding hydrogens is 205 g/mol. The van der Waals surface area contributed by atoms with Crippen LogP contribution in [0.15, 0.2) is 0 Å².